The molecule has 0 unspecified atom stereocenters. The van der Waals surface area contributed by atoms with Crippen molar-refractivity contribution in [2.45, 2.75) is 20.4 Å². The van der Waals surface area contributed by atoms with Gasteiger partial charge in [-0.15, -0.1) is 11.3 Å². The molecule has 3 rings (SSSR count). The van der Waals surface area contributed by atoms with Crippen LogP contribution in [-0.2, 0) is 11.3 Å². The standard InChI is InChI=1S/C20H21N3OS/c1-14-8-9-17(15(2)10-14)23-19(24)12-21-11-18-20(22-13-25-18)16-6-4-3-5-7-16/h3-10,13,21H,11-12H2,1-2H3,(H,23,24). The first-order valence-electron chi connectivity index (χ1n) is 8.19. The summed E-state index contributed by atoms with van der Waals surface area (Å²) in [5.74, 6) is -0.0438. The van der Waals surface area contributed by atoms with Gasteiger partial charge in [0.1, 0.15) is 0 Å². The van der Waals surface area contributed by atoms with Crippen LogP contribution < -0.4 is 10.6 Å². The molecule has 0 radical (unpaired) electrons. The summed E-state index contributed by atoms with van der Waals surface area (Å²) < 4.78 is 0. The lowest BCUT2D eigenvalue weighted by Crippen LogP contribution is -2.27. The number of hydrogen-bond acceptors (Lipinski definition) is 4. The zero-order chi connectivity index (χ0) is 17.6. The molecule has 0 bridgehead atoms. The highest BCUT2D eigenvalue weighted by molar-refractivity contribution is 7.10. The van der Waals surface area contributed by atoms with Gasteiger partial charge in [0.15, 0.2) is 0 Å². The maximum atomic E-state index is 12.1. The molecule has 0 atom stereocenters. The first kappa shape index (κ1) is 17.3. The minimum absolute atomic E-state index is 0.0438. The van der Waals surface area contributed by atoms with E-state index >= 15 is 0 Å². The first-order valence-corrected chi connectivity index (χ1v) is 9.07. The SMILES string of the molecule is Cc1ccc(NC(=O)CNCc2scnc2-c2ccccc2)c(C)c1. The van der Waals surface area contributed by atoms with Gasteiger partial charge in [-0.3, -0.25) is 4.79 Å². The highest BCUT2D eigenvalue weighted by atomic mass is 32.1. The highest BCUT2D eigenvalue weighted by Gasteiger charge is 2.09. The van der Waals surface area contributed by atoms with Crippen LogP contribution in [0.15, 0.2) is 54.0 Å². The topological polar surface area (TPSA) is 54.0 Å². The fourth-order valence-corrected chi connectivity index (χ4v) is 3.42. The molecule has 1 heterocycles. The van der Waals surface area contributed by atoms with Crippen molar-refractivity contribution in [2.75, 3.05) is 11.9 Å². The lowest BCUT2D eigenvalue weighted by molar-refractivity contribution is -0.115. The number of nitrogens with zero attached hydrogens (tertiary/aromatic N) is 1. The number of benzene rings is 2. The van der Waals surface area contributed by atoms with E-state index in [2.05, 4.69) is 21.7 Å². The third kappa shape index (κ3) is 4.53. The molecule has 4 nitrogen and oxygen atoms in total. The van der Waals surface area contributed by atoms with Crippen molar-refractivity contribution in [2.24, 2.45) is 0 Å². The summed E-state index contributed by atoms with van der Waals surface area (Å²) in [5, 5.41) is 6.16. The summed E-state index contributed by atoms with van der Waals surface area (Å²) in [4.78, 5) is 17.7. The number of aromatic nitrogens is 1. The van der Waals surface area contributed by atoms with E-state index in [9.17, 15) is 4.79 Å². The maximum absolute atomic E-state index is 12.1. The number of carbonyl (C=O) groups is 1. The molecule has 0 saturated carbocycles. The summed E-state index contributed by atoms with van der Waals surface area (Å²) in [7, 11) is 0. The summed E-state index contributed by atoms with van der Waals surface area (Å²) in [6.45, 7) is 4.92. The summed E-state index contributed by atoms with van der Waals surface area (Å²) in [6.07, 6.45) is 0. The Morgan fingerprint density at radius 3 is 2.68 bits per heavy atom. The molecule has 2 N–H and O–H groups in total. The van der Waals surface area contributed by atoms with Crippen molar-refractivity contribution in [1.29, 1.82) is 0 Å². The van der Waals surface area contributed by atoms with Gasteiger partial charge in [0.25, 0.3) is 0 Å². The number of aryl methyl sites for hydroxylation is 2. The summed E-state index contributed by atoms with van der Waals surface area (Å²) >= 11 is 1.60. The van der Waals surface area contributed by atoms with E-state index in [1.54, 1.807) is 11.3 Å². The Kier molecular flexibility index (Phi) is 5.58. The predicted molar refractivity (Wildman–Crippen MR) is 104 cm³/mol. The minimum Gasteiger partial charge on any atom is -0.325 e. The second-order valence-electron chi connectivity index (χ2n) is 5.96. The van der Waals surface area contributed by atoms with Crippen LogP contribution in [0.1, 0.15) is 16.0 Å². The van der Waals surface area contributed by atoms with E-state index in [1.807, 2.05) is 61.8 Å². The summed E-state index contributed by atoms with van der Waals surface area (Å²) in [6, 6.07) is 16.1. The number of anilines is 1. The Hall–Kier alpha value is -2.50. The van der Waals surface area contributed by atoms with E-state index < -0.39 is 0 Å². The van der Waals surface area contributed by atoms with Gasteiger partial charge in [0.05, 0.1) is 17.7 Å². The second kappa shape index (κ2) is 8.05. The van der Waals surface area contributed by atoms with Crippen molar-refractivity contribution in [1.82, 2.24) is 10.3 Å². The largest absolute Gasteiger partial charge is 0.325 e. The molecule has 0 spiro atoms. The van der Waals surface area contributed by atoms with Crippen molar-refractivity contribution < 1.29 is 4.79 Å². The van der Waals surface area contributed by atoms with Crippen LogP contribution >= 0.6 is 11.3 Å². The van der Waals surface area contributed by atoms with Crippen molar-refractivity contribution in [3.63, 3.8) is 0 Å². The van der Waals surface area contributed by atoms with Crippen LogP contribution in [0, 0.1) is 13.8 Å². The molecule has 1 amide bonds. The number of rotatable bonds is 6. The van der Waals surface area contributed by atoms with Gasteiger partial charge in [-0.2, -0.15) is 0 Å². The number of carbonyl (C=O) groups excluding carboxylic acids is 1. The normalized spacial score (nSPS) is 10.6. The van der Waals surface area contributed by atoms with Crippen LogP contribution in [0.3, 0.4) is 0 Å². The zero-order valence-electron chi connectivity index (χ0n) is 14.4. The van der Waals surface area contributed by atoms with Gasteiger partial charge in [-0.05, 0) is 25.5 Å². The van der Waals surface area contributed by atoms with Crippen molar-refractivity contribution in [3.05, 3.63) is 70.0 Å². The molecule has 128 valence electrons. The van der Waals surface area contributed by atoms with E-state index in [0.29, 0.717) is 6.54 Å². The number of thiazole rings is 1. The van der Waals surface area contributed by atoms with Crippen molar-refractivity contribution in [3.8, 4) is 11.3 Å². The molecular weight excluding hydrogens is 330 g/mol. The zero-order valence-corrected chi connectivity index (χ0v) is 15.2. The maximum Gasteiger partial charge on any atom is 0.238 e. The Morgan fingerprint density at radius 2 is 1.92 bits per heavy atom. The molecule has 0 aliphatic heterocycles. The molecule has 25 heavy (non-hydrogen) atoms. The fourth-order valence-electron chi connectivity index (χ4n) is 2.67. The van der Waals surface area contributed by atoms with Gasteiger partial charge in [0.2, 0.25) is 5.91 Å². The summed E-state index contributed by atoms with van der Waals surface area (Å²) in [5.41, 5.74) is 7.04. The van der Waals surface area contributed by atoms with Crippen LogP contribution in [0.25, 0.3) is 11.3 Å². The molecule has 0 saturated heterocycles. The molecule has 5 heteroatoms. The van der Waals surface area contributed by atoms with Crippen LogP contribution in [-0.4, -0.2) is 17.4 Å². The quantitative estimate of drug-likeness (QED) is 0.701. The third-order valence-electron chi connectivity index (χ3n) is 3.92. The van der Waals surface area contributed by atoms with E-state index in [-0.39, 0.29) is 12.5 Å². The fraction of sp³-hybridized carbons (Fsp3) is 0.200. The van der Waals surface area contributed by atoms with Crippen LogP contribution in [0.5, 0.6) is 0 Å². The molecule has 0 aliphatic rings. The highest BCUT2D eigenvalue weighted by Crippen LogP contribution is 2.24. The number of hydrogen-bond donors (Lipinski definition) is 2. The molecular formula is C20H21N3OS. The van der Waals surface area contributed by atoms with Crippen LogP contribution in [0.4, 0.5) is 5.69 Å². The van der Waals surface area contributed by atoms with E-state index in [1.165, 1.54) is 5.56 Å². The van der Waals surface area contributed by atoms with Gasteiger partial charge < -0.3 is 10.6 Å². The average Bonchev–Trinajstić information content (AvgIpc) is 3.07. The van der Waals surface area contributed by atoms with Gasteiger partial charge in [0, 0.05) is 22.7 Å². The molecule has 0 fully saturated rings. The predicted octanol–water partition coefficient (Wildman–Crippen LogP) is 4.16. The third-order valence-corrected chi connectivity index (χ3v) is 4.75. The number of nitrogens with one attached hydrogen (secondary N) is 2. The molecule has 2 aromatic carbocycles. The Labute approximate surface area is 151 Å². The van der Waals surface area contributed by atoms with Gasteiger partial charge in [-0.1, -0.05) is 48.0 Å². The molecule has 1 aromatic heterocycles. The Balaban J connectivity index is 1.55. The lowest BCUT2D eigenvalue weighted by atomic mass is 10.1. The Bertz CT molecular complexity index is 858. The average molecular weight is 351 g/mol. The minimum atomic E-state index is -0.0438. The molecule has 0 aliphatic carbocycles. The van der Waals surface area contributed by atoms with Gasteiger partial charge >= 0.3 is 0 Å². The van der Waals surface area contributed by atoms with E-state index in [0.717, 1.165) is 27.4 Å². The number of amides is 1. The van der Waals surface area contributed by atoms with Crippen molar-refractivity contribution >= 4 is 22.9 Å². The first-order chi connectivity index (χ1) is 12.1. The monoisotopic (exact) mass is 351 g/mol. The molecule has 3 aromatic rings. The lowest BCUT2D eigenvalue weighted by Gasteiger charge is -2.10. The smallest absolute Gasteiger partial charge is 0.238 e. The van der Waals surface area contributed by atoms with E-state index in [4.69, 9.17) is 0 Å². The Morgan fingerprint density at radius 1 is 1.12 bits per heavy atom. The second-order valence-corrected chi connectivity index (χ2v) is 6.90. The van der Waals surface area contributed by atoms with Crippen LogP contribution in [0.2, 0.25) is 0 Å². The van der Waals surface area contributed by atoms with Gasteiger partial charge in [-0.25, -0.2) is 4.98 Å².